The fourth-order valence-corrected chi connectivity index (χ4v) is 2.23. The first-order valence-corrected chi connectivity index (χ1v) is 7.10. The number of nitrogens with one attached hydrogen (secondary N) is 1. The number of aromatic nitrogens is 1. The maximum atomic E-state index is 11.3. The van der Waals surface area contributed by atoms with Gasteiger partial charge in [0.1, 0.15) is 11.4 Å². The highest BCUT2D eigenvalue weighted by Gasteiger charge is 2.12. The molecule has 1 N–H and O–H groups in total. The summed E-state index contributed by atoms with van der Waals surface area (Å²) in [7, 11) is 0. The van der Waals surface area contributed by atoms with E-state index in [0.717, 1.165) is 5.56 Å². The second kappa shape index (κ2) is 5.76. The van der Waals surface area contributed by atoms with E-state index in [1.807, 2.05) is 18.2 Å². The molecule has 2 aromatic carbocycles. The number of alkyl halides is 1. The van der Waals surface area contributed by atoms with Crippen LogP contribution in [0.4, 0.5) is 5.69 Å². The number of nitrogens with zero attached hydrogens (tertiary/aromatic N) is 1. The molecule has 0 saturated heterocycles. The number of hydrogen-bond donors (Lipinski definition) is 1. The van der Waals surface area contributed by atoms with Crippen LogP contribution >= 0.6 is 23.2 Å². The van der Waals surface area contributed by atoms with Crippen molar-refractivity contribution in [2.45, 2.75) is 0 Å². The number of anilines is 1. The minimum absolute atomic E-state index is 0.0979. The Labute approximate surface area is 130 Å². The van der Waals surface area contributed by atoms with Crippen LogP contribution in [0.15, 0.2) is 46.9 Å². The summed E-state index contributed by atoms with van der Waals surface area (Å²) in [4.78, 5) is 15.7. The lowest BCUT2D eigenvalue weighted by Gasteiger charge is -2.01. The van der Waals surface area contributed by atoms with E-state index >= 15 is 0 Å². The first-order valence-electron chi connectivity index (χ1n) is 6.18. The molecule has 3 aromatic rings. The number of amides is 1. The number of halogens is 2. The van der Waals surface area contributed by atoms with E-state index in [1.54, 1.807) is 24.3 Å². The van der Waals surface area contributed by atoms with Crippen molar-refractivity contribution in [2.24, 2.45) is 0 Å². The van der Waals surface area contributed by atoms with E-state index in [1.165, 1.54) is 0 Å². The van der Waals surface area contributed by atoms with Gasteiger partial charge in [0.05, 0.1) is 10.6 Å². The largest absolute Gasteiger partial charge is 0.436 e. The summed E-state index contributed by atoms with van der Waals surface area (Å²) in [6, 6.07) is 12.5. The fraction of sp³-hybridized carbons (Fsp3) is 0.0667. The van der Waals surface area contributed by atoms with Gasteiger partial charge in [0, 0.05) is 11.8 Å². The number of rotatable bonds is 3. The van der Waals surface area contributed by atoms with E-state index in [2.05, 4.69) is 10.3 Å². The molecule has 0 unspecified atom stereocenters. The molecule has 0 fully saturated rings. The van der Waals surface area contributed by atoms with Crippen molar-refractivity contribution in [3.05, 3.63) is 47.5 Å². The number of fused-ring (bicyclic) bond motifs is 1. The van der Waals surface area contributed by atoms with E-state index < -0.39 is 0 Å². The molecule has 3 rings (SSSR count). The molecule has 6 heteroatoms. The number of carbonyl (C=O) groups excluding carboxylic acids is 1. The third-order valence-electron chi connectivity index (χ3n) is 2.90. The second-order valence-corrected chi connectivity index (χ2v) is 5.04. The molecule has 0 spiro atoms. The van der Waals surface area contributed by atoms with Crippen molar-refractivity contribution < 1.29 is 9.21 Å². The number of carbonyl (C=O) groups is 1. The van der Waals surface area contributed by atoms with Crippen molar-refractivity contribution in [2.75, 3.05) is 11.2 Å². The molecule has 0 saturated carbocycles. The molecule has 0 bridgehead atoms. The maximum absolute atomic E-state index is 11.3. The number of hydrogen-bond acceptors (Lipinski definition) is 3. The van der Waals surface area contributed by atoms with E-state index in [0.29, 0.717) is 27.7 Å². The average Bonchev–Trinajstić information content (AvgIpc) is 2.90. The highest BCUT2D eigenvalue weighted by atomic mass is 35.5. The van der Waals surface area contributed by atoms with E-state index in [9.17, 15) is 4.79 Å². The molecular formula is C15H10Cl2N2O2. The Morgan fingerprint density at radius 1 is 1.24 bits per heavy atom. The Morgan fingerprint density at radius 3 is 2.81 bits per heavy atom. The van der Waals surface area contributed by atoms with Gasteiger partial charge in [0.2, 0.25) is 11.8 Å². The molecule has 4 nitrogen and oxygen atoms in total. The zero-order valence-electron chi connectivity index (χ0n) is 10.8. The van der Waals surface area contributed by atoms with Crippen molar-refractivity contribution in [3.63, 3.8) is 0 Å². The smallest absolute Gasteiger partial charge is 0.239 e. The quantitative estimate of drug-likeness (QED) is 0.731. The van der Waals surface area contributed by atoms with Crippen LogP contribution in [0, 0.1) is 0 Å². The van der Waals surface area contributed by atoms with Crippen molar-refractivity contribution in [1.82, 2.24) is 4.98 Å². The van der Waals surface area contributed by atoms with Gasteiger partial charge in [-0.05, 0) is 24.3 Å². The molecule has 106 valence electrons. The summed E-state index contributed by atoms with van der Waals surface area (Å²) in [6.45, 7) is 0. The summed E-state index contributed by atoms with van der Waals surface area (Å²) in [5.74, 6) is 0.0672. The SMILES string of the molecule is O=C(CCl)Nc1ccc2nc(-c3ccccc3Cl)oc2c1. The standard InChI is InChI=1S/C15H10Cl2N2O2/c16-8-14(20)18-9-5-6-12-13(7-9)21-15(19-12)10-3-1-2-4-11(10)17/h1-7H,8H2,(H,18,20). The van der Waals surface area contributed by atoms with Crippen LogP contribution in [-0.2, 0) is 4.79 Å². The lowest BCUT2D eigenvalue weighted by molar-refractivity contribution is -0.113. The summed E-state index contributed by atoms with van der Waals surface area (Å²) in [6.07, 6.45) is 0. The van der Waals surface area contributed by atoms with Gasteiger partial charge in [0.15, 0.2) is 5.58 Å². The van der Waals surface area contributed by atoms with Gasteiger partial charge in [-0.15, -0.1) is 11.6 Å². The topological polar surface area (TPSA) is 55.1 Å². The molecule has 0 atom stereocenters. The molecule has 0 aliphatic carbocycles. The summed E-state index contributed by atoms with van der Waals surface area (Å²) >= 11 is 11.6. The van der Waals surface area contributed by atoms with Crippen molar-refractivity contribution in [1.29, 1.82) is 0 Å². The molecule has 1 aromatic heterocycles. The number of oxazole rings is 1. The van der Waals surface area contributed by atoms with Crippen molar-refractivity contribution in [3.8, 4) is 11.5 Å². The van der Waals surface area contributed by atoms with Crippen LogP contribution in [0.2, 0.25) is 5.02 Å². The monoisotopic (exact) mass is 320 g/mol. The Bertz CT molecular complexity index is 814. The van der Waals surface area contributed by atoms with Gasteiger partial charge in [0.25, 0.3) is 0 Å². The molecular weight excluding hydrogens is 311 g/mol. The van der Waals surface area contributed by atoms with Gasteiger partial charge >= 0.3 is 0 Å². The fourth-order valence-electron chi connectivity index (χ4n) is 1.95. The predicted molar refractivity (Wildman–Crippen MR) is 83.8 cm³/mol. The summed E-state index contributed by atoms with van der Waals surface area (Å²) in [5, 5.41) is 3.23. The first kappa shape index (κ1) is 13.9. The molecule has 1 heterocycles. The minimum Gasteiger partial charge on any atom is -0.436 e. The van der Waals surface area contributed by atoms with Crippen LogP contribution in [0.1, 0.15) is 0 Å². The lowest BCUT2D eigenvalue weighted by Crippen LogP contribution is -2.12. The third-order valence-corrected chi connectivity index (χ3v) is 3.47. The Balaban J connectivity index is 2.01. The summed E-state index contributed by atoms with van der Waals surface area (Å²) in [5.41, 5.74) is 2.59. The molecule has 0 radical (unpaired) electrons. The van der Waals surface area contributed by atoms with E-state index in [-0.39, 0.29) is 11.8 Å². The first-order chi connectivity index (χ1) is 10.2. The molecule has 21 heavy (non-hydrogen) atoms. The van der Waals surface area contributed by atoms with Gasteiger partial charge < -0.3 is 9.73 Å². The van der Waals surface area contributed by atoms with E-state index in [4.69, 9.17) is 27.6 Å². The van der Waals surface area contributed by atoms with Gasteiger partial charge in [-0.1, -0.05) is 23.7 Å². The Morgan fingerprint density at radius 2 is 2.05 bits per heavy atom. The molecule has 0 aliphatic heterocycles. The Kier molecular flexibility index (Phi) is 3.82. The van der Waals surface area contributed by atoms with Gasteiger partial charge in [-0.2, -0.15) is 0 Å². The highest BCUT2D eigenvalue weighted by molar-refractivity contribution is 6.33. The lowest BCUT2D eigenvalue weighted by atomic mass is 10.2. The van der Waals surface area contributed by atoms with Crippen LogP contribution in [-0.4, -0.2) is 16.8 Å². The Hall–Kier alpha value is -2.04. The van der Waals surface area contributed by atoms with Gasteiger partial charge in [-0.25, -0.2) is 4.98 Å². The average molecular weight is 321 g/mol. The normalized spacial score (nSPS) is 10.8. The summed E-state index contributed by atoms with van der Waals surface area (Å²) < 4.78 is 5.71. The zero-order chi connectivity index (χ0) is 14.8. The minimum atomic E-state index is -0.276. The maximum Gasteiger partial charge on any atom is 0.239 e. The van der Waals surface area contributed by atoms with Crippen LogP contribution < -0.4 is 5.32 Å². The molecule has 0 aliphatic rings. The van der Waals surface area contributed by atoms with Gasteiger partial charge in [-0.3, -0.25) is 4.79 Å². The molecule has 1 amide bonds. The van der Waals surface area contributed by atoms with Crippen LogP contribution in [0.25, 0.3) is 22.6 Å². The second-order valence-electron chi connectivity index (χ2n) is 4.36. The zero-order valence-corrected chi connectivity index (χ0v) is 12.3. The van der Waals surface area contributed by atoms with Crippen molar-refractivity contribution >= 4 is 45.9 Å². The van der Waals surface area contributed by atoms with Crippen LogP contribution in [0.3, 0.4) is 0 Å². The predicted octanol–water partition coefficient (Wildman–Crippen LogP) is 4.33. The highest BCUT2D eigenvalue weighted by Crippen LogP contribution is 2.30. The van der Waals surface area contributed by atoms with Crippen LogP contribution in [0.5, 0.6) is 0 Å². The number of benzene rings is 2. The third kappa shape index (κ3) is 2.86.